The first-order valence-corrected chi connectivity index (χ1v) is 20.5. The van der Waals surface area contributed by atoms with E-state index in [2.05, 4.69) is 13.8 Å². The maximum absolute atomic E-state index is 11.2. The molecule has 1 rings (SSSR count). The average Bonchev–Trinajstić information content (AvgIpc) is 2.94. The molecule has 4 unspecified atom stereocenters. The van der Waals surface area contributed by atoms with Gasteiger partial charge in [0.1, 0.15) is 0 Å². The zero-order valence-corrected chi connectivity index (χ0v) is 31.7. The molecule has 0 amide bonds. The van der Waals surface area contributed by atoms with Crippen LogP contribution in [-0.2, 0) is 9.59 Å². The molecule has 0 aromatic rings. The Morgan fingerprint density at radius 2 is 0.732 bits per heavy atom. The second-order valence-corrected chi connectivity index (χ2v) is 15.9. The summed E-state index contributed by atoms with van der Waals surface area (Å²) in [5, 5.41) is 0. The molecule has 0 aromatic carbocycles. The van der Waals surface area contributed by atoms with E-state index in [-0.39, 0.29) is 0 Å². The van der Waals surface area contributed by atoms with Crippen LogP contribution in [0, 0.1) is 23.7 Å². The van der Waals surface area contributed by atoms with Crippen LogP contribution in [0.15, 0.2) is 0 Å². The van der Waals surface area contributed by atoms with Crippen LogP contribution in [0.1, 0.15) is 200 Å². The molecule has 0 N–H and O–H groups in total. The summed E-state index contributed by atoms with van der Waals surface area (Å²) in [5.74, 6) is 3.97. The third-order valence-corrected chi connectivity index (χ3v) is 11.2. The van der Waals surface area contributed by atoms with Crippen molar-refractivity contribution in [3.05, 3.63) is 0 Å². The molecule has 4 atom stereocenters. The molecule has 0 saturated heterocycles. The minimum Gasteiger partial charge on any atom is -0.288 e. The van der Waals surface area contributed by atoms with Gasteiger partial charge in [-0.05, 0) is 107 Å². The first-order valence-electron chi connectivity index (χ1n) is 18.4. The van der Waals surface area contributed by atoms with Crippen LogP contribution >= 0.6 is 45.2 Å². The lowest BCUT2D eigenvalue weighted by atomic mass is 9.61. The fraction of sp³-hybridized carbons (Fsp3) is 0.946. The molecular formula is C37H68I2O2. The van der Waals surface area contributed by atoms with E-state index < -0.39 is 0 Å². The van der Waals surface area contributed by atoms with Crippen molar-refractivity contribution >= 4 is 52.8 Å². The Morgan fingerprint density at radius 1 is 0.439 bits per heavy atom. The molecule has 0 spiro atoms. The number of rotatable bonds is 29. The van der Waals surface area contributed by atoms with E-state index >= 15 is 0 Å². The molecule has 0 heterocycles. The molecule has 0 aliphatic heterocycles. The first kappa shape index (κ1) is 39.8. The molecule has 0 radical (unpaired) electrons. The van der Waals surface area contributed by atoms with Crippen LogP contribution in [0.2, 0.25) is 0 Å². The lowest BCUT2D eigenvalue weighted by molar-refractivity contribution is -0.110. The van der Waals surface area contributed by atoms with Gasteiger partial charge in [-0.1, -0.05) is 149 Å². The van der Waals surface area contributed by atoms with E-state index in [1.165, 1.54) is 161 Å². The molecule has 1 aliphatic rings. The minimum absolute atomic E-state index is 0.319. The van der Waals surface area contributed by atoms with Gasteiger partial charge in [-0.2, -0.15) is 0 Å². The SMILES string of the molecule is CCCCCC1CCC(CCCCCCCCC(=O)I)C(CCCCCCCCCCCC(=O)I)C1CCCCC. The zero-order valence-electron chi connectivity index (χ0n) is 27.4. The van der Waals surface area contributed by atoms with Gasteiger partial charge >= 0.3 is 0 Å². The number of carbonyl (C=O) groups is 2. The molecule has 0 bridgehead atoms. The highest BCUT2D eigenvalue weighted by Gasteiger charge is 2.37. The van der Waals surface area contributed by atoms with Crippen LogP contribution in [0.4, 0.5) is 0 Å². The Bertz CT molecular complexity index is 622. The third kappa shape index (κ3) is 22.0. The van der Waals surface area contributed by atoms with E-state index in [9.17, 15) is 9.59 Å². The summed E-state index contributed by atoms with van der Waals surface area (Å²) in [4.78, 5) is 22.3. The van der Waals surface area contributed by atoms with Crippen LogP contribution in [-0.4, -0.2) is 7.58 Å². The Morgan fingerprint density at radius 3 is 1.10 bits per heavy atom. The second kappa shape index (κ2) is 28.3. The summed E-state index contributed by atoms with van der Waals surface area (Å²) >= 11 is 3.87. The van der Waals surface area contributed by atoms with E-state index in [1.807, 2.05) is 45.2 Å². The van der Waals surface area contributed by atoms with Crippen molar-refractivity contribution in [2.45, 2.75) is 200 Å². The van der Waals surface area contributed by atoms with Gasteiger partial charge in [-0.15, -0.1) is 0 Å². The van der Waals surface area contributed by atoms with Gasteiger partial charge in [0.15, 0.2) is 7.58 Å². The molecule has 4 heteroatoms. The molecular weight excluding hydrogens is 730 g/mol. The quantitative estimate of drug-likeness (QED) is 0.0429. The van der Waals surface area contributed by atoms with Crippen molar-refractivity contribution in [3.63, 3.8) is 0 Å². The molecule has 242 valence electrons. The van der Waals surface area contributed by atoms with Crippen molar-refractivity contribution in [2.75, 3.05) is 0 Å². The summed E-state index contributed by atoms with van der Waals surface area (Å²) in [6, 6.07) is 0. The van der Waals surface area contributed by atoms with Gasteiger partial charge in [0, 0.05) is 12.8 Å². The standard InChI is InChI=1S/C37H68I2O2/c1-3-5-18-24-32-30-31-33(25-20-14-12-13-17-23-29-37(39)41)35(34(32)26-19-6-4-2)27-21-15-10-8-7-9-11-16-22-28-36(38)40/h32-35H,3-31H2,1-2H3. The molecule has 41 heavy (non-hydrogen) atoms. The summed E-state index contributed by atoms with van der Waals surface area (Å²) in [6.45, 7) is 4.72. The molecule has 1 fully saturated rings. The fourth-order valence-electron chi connectivity index (χ4n) is 7.72. The van der Waals surface area contributed by atoms with Crippen LogP contribution in [0.25, 0.3) is 0 Å². The number of halogens is 2. The maximum Gasteiger partial charge on any atom is 0.192 e. The van der Waals surface area contributed by atoms with Crippen LogP contribution in [0.5, 0.6) is 0 Å². The van der Waals surface area contributed by atoms with Gasteiger partial charge in [0.05, 0.1) is 0 Å². The van der Waals surface area contributed by atoms with Crippen molar-refractivity contribution in [2.24, 2.45) is 23.7 Å². The Labute approximate surface area is 284 Å². The van der Waals surface area contributed by atoms with Gasteiger partial charge < -0.3 is 0 Å². The lowest BCUT2D eigenvalue weighted by Gasteiger charge is -2.44. The number of unbranched alkanes of at least 4 members (excludes halogenated alkanes) is 17. The van der Waals surface area contributed by atoms with E-state index in [0.29, 0.717) is 7.58 Å². The van der Waals surface area contributed by atoms with Gasteiger partial charge in [-0.3, -0.25) is 9.59 Å². The lowest BCUT2D eigenvalue weighted by Crippen LogP contribution is -2.35. The predicted molar refractivity (Wildman–Crippen MR) is 197 cm³/mol. The molecule has 2 nitrogen and oxygen atoms in total. The highest BCUT2D eigenvalue weighted by atomic mass is 127. The van der Waals surface area contributed by atoms with Crippen LogP contribution in [0.3, 0.4) is 0 Å². The summed E-state index contributed by atoms with van der Waals surface area (Å²) < 4.78 is 0.643. The predicted octanol–water partition coefficient (Wildman–Crippen LogP) is 13.7. The largest absolute Gasteiger partial charge is 0.288 e. The number of carbonyl (C=O) groups excluding carboxylic acids is 2. The van der Waals surface area contributed by atoms with Gasteiger partial charge in [0.2, 0.25) is 0 Å². The average molecular weight is 799 g/mol. The van der Waals surface area contributed by atoms with Crippen molar-refractivity contribution < 1.29 is 9.59 Å². The minimum atomic E-state index is 0.319. The third-order valence-electron chi connectivity index (χ3n) is 10.1. The van der Waals surface area contributed by atoms with Crippen molar-refractivity contribution in [1.29, 1.82) is 0 Å². The smallest absolute Gasteiger partial charge is 0.192 e. The Balaban J connectivity index is 2.52. The van der Waals surface area contributed by atoms with Gasteiger partial charge in [-0.25, -0.2) is 0 Å². The highest BCUT2D eigenvalue weighted by Crippen LogP contribution is 2.47. The fourth-order valence-corrected chi connectivity index (χ4v) is 8.48. The van der Waals surface area contributed by atoms with E-state index in [0.717, 1.165) is 49.4 Å². The summed E-state index contributed by atoms with van der Waals surface area (Å²) in [5.41, 5.74) is 0. The van der Waals surface area contributed by atoms with Gasteiger partial charge in [0.25, 0.3) is 0 Å². The highest BCUT2D eigenvalue weighted by molar-refractivity contribution is 14.1. The zero-order chi connectivity index (χ0) is 30.0. The topological polar surface area (TPSA) is 34.1 Å². The van der Waals surface area contributed by atoms with E-state index in [4.69, 9.17) is 0 Å². The second-order valence-electron chi connectivity index (χ2n) is 13.5. The Kier molecular flexibility index (Phi) is 27.5. The monoisotopic (exact) mass is 798 g/mol. The number of hydrogen-bond acceptors (Lipinski definition) is 2. The molecule has 1 aliphatic carbocycles. The first-order chi connectivity index (χ1) is 20.0. The summed E-state index contributed by atoms with van der Waals surface area (Å²) in [6.07, 6.45) is 38.9. The van der Waals surface area contributed by atoms with E-state index in [1.54, 1.807) is 0 Å². The normalized spacial score (nSPS) is 20.9. The Hall–Kier alpha value is 0.800. The van der Waals surface area contributed by atoms with Crippen LogP contribution < -0.4 is 0 Å². The summed E-state index contributed by atoms with van der Waals surface area (Å²) in [7, 11) is 0. The number of hydrogen-bond donors (Lipinski definition) is 0. The van der Waals surface area contributed by atoms with Crippen molar-refractivity contribution in [3.8, 4) is 0 Å². The maximum atomic E-state index is 11.2. The molecule has 0 aromatic heterocycles. The van der Waals surface area contributed by atoms with Crippen molar-refractivity contribution in [1.82, 2.24) is 0 Å². The molecule has 1 saturated carbocycles.